The van der Waals surface area contributed by atoms with Gasteiger partial charge in [-0.1, -0.05) is 19.6 Å². The molecule has 0 aliphatic rings. The van der Waals surface area contributed by atoms with Crippen molar-refractivity contribution >= 4 is 36.9 Å². The Kier molecular flexibility index (Phi) is 5.29. The zero-order chi connectivity index (χ0) is 10.7. The van der Waals surface area contributed by atoms with E-state index >= 15 is 0 Å². The van der Waals surface area contributed by atoms with Gasteiger partial charge in [-0.15, -0.1) is 0 Å². The van der Waals surface area contributed by atoms with Crippen molar-refractivity contribution in [2.24, 2.45) is 0 Å². The van der Waals surface area contributed by atoms with Gasteiger partial charge in [0.25, 0.3) is 0 Å². The Morgan fingerprint density at radius 1 is 1.15 bits per heavy atom. The van der Waals surface area contributed by atoms with Gasteiger partial charge >= 0.3 is 0 Å². The van der Waals surface area contributed by atoms with E-state index in [2.05, 4.69) is 63.7 Å². The zero-order valence-electron chi connectivity index (χ0n) is 9.45. The van der Waals surface area contributed by atoms with Crippen molar-refractivity contribution in [2.45, 2.75) is 32.7 Å². The van der Waals surface area contributed by atoms with Crippen molar-refractivity contribution in [3.8, 4) is 0 Å². The molecule has 75 valence electrons. The normalized spacial score (nSPS) is 13.8. The number of nitrogens with zero attached hydrogens (tertiary/aromatic N) is 1. The second-order valence-electron chi connectivity index (χ2n) is 4.66. The first-order valence-corrected chi connectivity index (χ1v) is 12.3. The molecule has 0 unspecified atom stereocenters. The smallest absolute Gasteiger partial charge is 0.230 e. The summed E-state index contributed by atoms with van der Waals surface area (Å²) in [5, 5.41) is 0. The van der Waals surface area contributed by atoms with E-state index in [-0.39, 0.29) is 0 Å². The molecule has 0 rings (SSSR count). The van der Waals surface area contributed by atoms with E-state index in [0.717, 1.165) is 0 Å². The van der Waals surface area contributed by atoms with Crippen molar-refractivity contribution in [1.82, 2.24) is 13.5 Å². The van der Waals surface area contributed by atoms with Gasteiger partial charge < -0.3 is 13.5 Å². The van der Waals surface area contributed by atoms with Crippen LogP contribution in [0.3, 0.4) is 0 Å². The first-order valence-electron chi connectivity index (χ1n) is 4.39. The Morgan fingerprint density at radius 2 is 1.62 bits per heavy atom. The molecule has 0 amide bonds. The van der Waals surface area contributed by atoms with Gasteiger partial charge in [-0.3, -0.25) is 0 Å². The molecule has 0 saturated carbocycles. The summed E-state index contributed by atoms with van der Waals surface area (Å²) in [5.74, 6) is 0. The average molecular weight is 247 g/mol. The SMILES string of the molecule is CN([Si](C)(C)C)[Si](C)(C)N[Si]N[Si]. The summed E-state index contributed by atoms with van der Waals surface area (Å²) in [4.78, 5) is 0. The lowest BCUT2D eigenvalue weighted by atomic mass is 11.6. The number of nitrogens with one attached hydrogen (secondary N) is 2. The molecule has 0 aromatic rings. The van der Waals surface area contributed by atoms with Crippen LogP contribution in [0.1, 0.15) is 0 Å². The molecule has 0 fully saturated rings. The van der Waals surface area contributed by atoms with Crippen molar-refractivity contribution in [1.29, 1.82) is 0 Å². The van der Waals surface area contributed by atoms with Gasteiger partial charge in [0.2, 0.25) is 9.84 Å². The molecule has 0 spiro atoms. The summed E-state index contributed by atoms with van der Waals surface area (Å²) >= 11 is 0. The standard InChI is InChI=1S/C6H20N3Si4/c1-9(12(2,3)4)13(5,6)8-11-7-10/h7-8H,1-6H3. The average Bonchev–Trinajstić information content (AvgIpc) is 1.98. The fourth-order valence-electron chi connectivity index (χ4n) is 1.11. The minimum Gasteiger partial charge on any atom is -0.352 e. The Hall–Kier alpha value is 0.748. The second-order valence-corrected chi connectivity index (χ2v) is 16.2. The van der Waals surface area contributed by atoms with Crippen LogP contribution in [0.5, 0.6) is 0 Å². The topological polar surface area (TPSA) is 27.3 Å². The van der Waals surface area contributed by atoms with Crippen LogP contribution in [-0.4, -0.2) is 48.2 Å². The van der Waals surface area contributed by atoms with Gasteiger partial charge in [-0.05, 0) is 20.1 Å². The fourth-order valence-corrected chi connectivity index (χ4v) is 11.0. The Bertz CT molecular complexity index is 156. The zero-order valence-corrected chi connectivity index (χ0v) is 13.4. The summed E-state index contributed by atoms with van der Waals surface area (Å²) < 4.78 is 9.15. The summed E-state index contributed by atoms with van der Waals surface area (Å²) in [6.45, 7) is 11.8. The van der Waals surface area contributed by atoms with Crippen molar-refractivity contribution in [2.75, 3.05) is 7.05 Å². The molecular formula is C6H20N3Si4. The molecule has 2 N–H and O–H groups in total. The lowest BCUT2D eigenvalue weighted by Gasteiger charge is -2.42. The van der Waals surface area contributed by atoms with Crippen LogP contribution in [-0.2, 0) is 0 Å². The van der Waals surface area contributed by atoms with Crippen molar-refractivity contribution < 1.29 is 0 Å². The highest BCUT2D eigenvalue weighted by Crippen LogP contribution is 2.14. The van der Waals surface area contributed by atoms with Gasteiger partial charge in [0, 0.05) is 0 Å². The van der Waals surface area contributed by atoms with Crippen LogP contribution in [0.15, 0.2) is 0 Å². The van der Waals surface area contributed by atoms with Gasteiger partial charge in [-0.2, -0.15) is 0 Å². The molecule has 0 bridgehead atoms. The van der Waals surface area contributed by atoms with Crippen molar-refractivity contribution in [3.05, 3.63) is 0 Å². The Labute approximate surface area is 90.4 Å². The molecule has 7 heteroatoms. The molecule has 0 aliphatic carbocycles. The maximum absolute atomic E-state index is 3.58. The first-order chi connectivity index (χ1) is 5.72. The van der Waals surface area contributed by atoms with Crippen LogP contribution in [0.2, 0.25) is 32.7 Å². The van der Waals surface area contributed by atoms with E-state index in [1.807, 2.05) is 0 Å². The lowest BCUT2D eigenvalue weighted by Crippen LogP contribution is -2.67. The summed E-state index contributed by atoms with van der Waals surface area (Å²) in [6, 6.07) is 0. The molecular weight excluding hydrogens is 226 g/mol. The van der Waals surface area contributed by atoms with Gasteiger partial charge in [-0.25, -0.2) is 0 Å². The molecule has 0 aromatic heterocycles. The number of rotatable bonds is 5. The minimum absolute atomic E-state index is 0.594. The quantitative estimate of drug-likeness (QED) is 0.681. The molecule has 5 radical (unpaired) electrons. The van der Waals surface area contributed by atoms with E-state index in [9.17, 15) is 0 Å². The highest BCUT2D eigenvalue weighted by atomic mass is 28.4. The first kappa shape index (κ1) is 13.7. The van der Waals surface area contributed by atoms with E-state index in [1.165, 1.54) is 0 Å². The van der Waals surface area contributed by atoms with E-state index in [0.29, 0.717) is 9.84 Å². The molecule has 13 heavy (non-hydrogen) atoms. The monoisotopic (exact) mass is 246 g/mol. The van der Waals surface area contributed by atoms with E-state index < -0.39 is 16.6 Å². The van der Waals surface area contributed by atoms with Crippen LogP contribution in [0, 0.1) is 0 Å². The summed E-state index contributed by atoms with van der Waals surface area (Å²) in [6.07, 6.45) is 0. The third-order valence-electron chi connectivity index (χ3n) is 2.28. The lowest BCUT2D eigenvalue weighted by molar-refractivity contribution is 0.740. The molecule has 0 heterocycles. The second kappa shape index (κ2) is 5.01. The van der Waals surface area contributed by atoms with E-state index in [1.54, 1.807) is 0 Å². The minimum atomic E-state index is -1.40. The maximum atomic E-state index is 3.58. The number of hydrogen-bond donors (Lipinski definition) is 2. The largest absolute Gasteiger partial charge is 0.352 e. The fraction of sp³-hybridized carbons (Fsp3) is 1.00. The highest BCUT2D eigenvalue weighted by molar-refractivity contribution is 6.91. The third-order valence-corrected chi connectivity index (χ3v) is 13.1. The van der Waals surface area contributed by atoms with Crippen molar-refractivity contribution in [3.63, 3.8) is 0 Å². The highest BCUT2D eigenvalue weighted by Gasteiger charge is 2.34. The third kappa shape index (κ3) is 4.67. The molecule has 0 atom stereocenters. The Balaban J connectivity index is 4.27. The number of hydrogen-bond acceptors (Lipinski definition) is 3. The maximum Gasteiger partial charge on any atom is 0.230 e. The summed E-state index contributed by atoms with van der Waals surface area (Å²) in [7, 11) is 3.56. The molecule has 0 saturated heterocycles. The predicted molar refractivity (Wildman–Crippen MR) is 66.4 cm³/mol. The van der Waals surface area contributed by atoms with E-state index in [4.69, 9.17) is 0 Å². The van der Waals surface area contributed by atoms with Crippen LogP contribution >= 0.6 is 0 Å². The Morgan fingerprint density at radius 3 is 1.92 bits per heavy atom. The molecule has 3 nitrogen and oxygen atoms in total. The molecule has 0 aromatic carbocycles. The van der Waals surface area contributed by atoms with Crippen LogP contribution in [0.4, 0.5) is 0 Å². The predicted octanol–water partition coefficient (Wildman–Crippen LogP) is 0.252. The molecule has 0 aliphatic heterocycles. The summed E-state index contributed by atoms with van der Waals surface area (Å²) in [5.41, 5.74) is 0. The van der Waals surface area contributed by atoms with Crippen LogP contribution < -0.4 is 9.30 Å². The van der Waals surface area contributed by atoms with Gasteiger partial charge in [0.1, 0.15) is 18.6 Å². The van der Waals surface area contributed by atoms with Crippen LogP contribution in [0.25, 0.3) is 0 Å². The van der Waals surface area contributed by atoms with Gasteiger partial charge in [0.05, 0.1) is 0 Å². The van der Waals surface area contributed by atoms with Gasteiger partial charge in [0.15, 0.2) is 8.40 Å².